The first-order valence-corrected chi connectivity index (χ1v) is 13.4. The molecule has 4 aliphatic rings. The van der Waals surface area contributed by atoms with E-state index in [4.69, 9.17) is 4.74 Å². The Morgan fingerprint density at radius 3 is 2.41 bits per heavy atom. The van der Waals surface area contributed by atoms with E-state index >= 15 is 0 Å². The largest absolute Gasteiger partial charge is 0.447 e. The average molecular weight is 450 g/mol. The van der Waals surface area contributed by atoms with Gasteiger partial charge in [0.15, 0.2) is 0 Å². The van der Waals surface area contributed by atoms with Crippen LogP contribution in [0, 0.1) is 46.3 Å². The molecule has 184 valence electrons. The van der Waals surface area contributed by atoms with Crippen LogP contribution >= 0.6 is 0 Å². The fourth-order valence-electron chi connectivity index (χ4n) is 9.03. The molecule has 5 heteroatoms. The third-order valence-electron chi connectivity index (χ3n) is 10.6. The number of aliphatic hydroxyl groups is 2. The topological polar surface area (TPSA) is 78.8 Å². The molecule has 0 spiro atoms. The second-order valence-corrected chi connectivity index (χ2v) is 12.6. The van der Waals surface area contributed by atoms with Gasteiger partial charge >= 0.3 is 6.09 Å². The van der Waals surface area contributed by atoms with Gasteiger partial charge in [-0.25, -0.2) is 4.79 Å². The molecule has 0 aromatic heterocycles. The SMILES string of the molecule is CC(C)OC(=O)NCC[C@@H](C)[C@H]1CC[C@H]2[C@@H]3[C@H](O)C[C@@H]4C[C@H](O)CC[C@]4(C)[C@H]3CC[C@]12C. The number of hydrogen-bond donors (Lipinski definition) is 3. The molecular weight excluding hydrogens is 402 g/mol. The summed E-state index contributed by atoms with van der Waals surface area (Å²) in [7, 11) is 0. The number of fused-ring (bicyclic) bond motifs is 5. The molecule has 0 radical (unpaired) electrons. The van der Waals surface area contributed by atoms with Crippen LogP contribution in [-0.4, -0.2) is 41.2 Å². The zero-order valence-corrected chi connectivity index (χ0v) is 21.0. The maximum absolute atomic E-state index is 11.8. The molecule has 4 aliphatic carbocycles. The summed E-state index contributed by atoms with van der Waals surface area (Å²) < 4.78 is 5.20. The molecule has 1 amide bonds. The van der Waals surface area contributed by atoms with Crippen LogP contribution in [-0.2, 0) is 4.74 Å². The maximum Gasteiger partial charge on any atom is 0.407 e. The number of ether oxygens (including phenoxy) is 1. The highest BCUT2D eigenvalue weighted by atomic mass is 16.6. The highest BCUT2D eigenvalue weighted by Gasteiger charge is 2.62. The third kappa shape index (κ3) is 4.21. The Labute approximate surface area is 195 Å². The third-order valence-corrected chi connectivity index (χ3v) is 10.6. The first-order chi connectivity index (χ1) is 15.1. The minimum atomic E-state index is -0.311. The van der Waals surface area contributed by atoms with Crippen LogP contribution in [0.5, 0.6) is 0 Å². The van der Waals surface area contributed by atoms with Gasteiger partial charge in [0.1, 0.15) is 0 Å². The van der Waals surface area contributed by atoms with Crippen LogP contribution in [0.3, 0.4) is 0 Å². The van der Waals surface area contributed by atoms with E-state index in [0.717, 1.165) is 32.1 Å². The smallest absolute Gasteiger partial charge is 0.407 e. The number of rotatable bonds is 5. The maximum atomic E-state index is 11.8. The van der Waals surface area contributed by atoms with E-state index in [1.807, 2.05) is 13.8 Å². The van der Waals surface area contributed by atoms with Crippen molar-refractivity contribution in [3.05, 3.63) is 0 Å². The van der Waals surface area contributed by atoms with Crippen molar-refractivity contribution in [2.24, 2.45) is 46.3 Å². The van der Waals surface area contributed by atoms with Gasteiger partial charge < -0.3 is 20.3 Å². The second kappa shape index (κ2) is 9.09. The Kier molecular flexibility index (Phi) is 6.91. The first-order valence-electron chi connectivity index (χ1n) is 13.4. The molecule has 0 bridgehead atoms. The lowest BCUT2D eigenvalue weighted by atomic mass is 9.43. The summed E-state index contributed by atoms with van der Waals surface area (Å²) in [5.41, 5.74) is 0.576. The van der Waals surface area contributed by atoms with E-state index in [0.29, 0.717) is 42.1 Å². The standard InChI is InChI=1S/C27H47NO4/c1-16(2)32-25(31)28-13-10-17(3)20-6-7-21-24-22(9-12-27(20,21)5)26(4)11-8-19(29)14-18(26)15-23(24)30/h16-24,29-30H,6-15H2,1-5H3,(H,28,31)/t17-,18+,19-,20-,21+,22+,23-,24+,26+,27-/m1/s1. The molecule has 10 atom stereocenters. The summed E-state index contributed by atoms with van der Waals surface area (Å²) in [5.74, 6) is 3.30. The van der Waals surface area contributed by atoms with Crippen LogP contribution in [0.15, 0.2) is 0 Å². The summed E-state index contributed by atoms with van der Waals surface area (Å²) >= 11 is 0. The van der Waals surface area contributed by atoms with Gasteiger partial charge in [0.05, 0.1) is 18.3 Å². The zero-order valence-electron chi connectivity index (χ0n) is 21.0. The van der Waals surface area contributed by atoms with Crippen molar-refractivity contribution in [1.82, 2.24) is 5.32 Å². The summed E-state index contributed by atoms with van der Waals surface area (Å²) in [6.07, 6.45) is 8.96. The van der Waals surface area contributed by atoms with Gasteiger partial charge in [-0.15, -0.1) is 0 Å². The number of aliphatic hydroxyl groups excluding tert-OH is 2. The lowest BCUT2D eigenvalue weighted by Crippen LogP contribution is -2.58. The Morgan fingerprint density at radius 1 is 1.00 bits per heavy atom. The van der Waals surface area contributed by atoms with Gasteiger partial charge in [0.2, 0.25) is 0 Å². The molecule has 32 heavy (non-hydrogen) atoms. The van der Waals surface area contributed by atoms with E-state index in [1.165, 1.54) is 25.7 Å². The van der Waals surface area contributed by atoms with Gasteiger partial charge in [-0.2, -0.15) is 0 Å². The van der Waals surface area contributed by atoms with Crippen molar-refractivity contribution in [3.63, 3.8) is 0 Å². The molecule has 4 fully saturated rings. The number of nitrogens with one attached hydrogen (secondary N) is 1. The summed E-state index contributed by atoms with van der Waals surface area (Å²) in [5, 5.41) is 24.5. The minimum absolute atomic E-state index is 0.0899. The van der Waals surface area contributed by atoms with Crippen LogP contribution in [0.25, 0.3) is 0 Å². The quantitative estimate of drug-likeness (QED) is 0.543. The van der Waals surface area contributed by atoms with Crippen molar-refractivity contribution in [2.75, 3.05) is 6.54 Å². The van der Waals surface area contributed by atoms with E-state index in [1.54, 1.807) is 0 Å². The molecule has 4 saturated carbocycles. The van der Waals surface area contributed by atoms with Crippen LogP contribution < -0.4 is 5.32 Å². The summed E-state index contributed by atoms with van der Waals surface area (Å²) in [4.78, 5) is 11.8. The van der Waals surface area contributed by atoms with Gasteiger partial charge in [0, 0.05) is 6.54 Å². The lowest BCUT2D eigenvalue weighted by Gasteiger charge is -2.62. The summed E-state index contributed by atoms with van der Waals surface area (Å²) in [6, 6.07) is 0. The zero-order chi connectivity index (χ0) is 23.3. The van der Waals surface area contributed by atoms with Crippen molar-refractivity contribution in [1.29, 1.82) is 0 Å². The van der Waals surface area contributed by atoms with Crippen molar-refractivity contribution < 1.29 is 19.7 Å². The fourth-order valence-corrected chi connectivity index (χ4v) is 9.03. The Hall–Kier alpha value is -0.810. The van der Waals surface area contributed by atoms with Gasteiger partial charge in [-0.3, -0.25) is 0 Å². The van der Waals surface area contributed by atoms with Crippen molar-refractivity contribution in [3.8, 4) is 0 Å². The summed E-state index contributed by atoms with van der Waals surface area (Å²) in [6.45, 7) is 11.8. The number of carbonyl (C=O) groups excluding carboxylic acids is 1. The monoisotopic (exact) mass is 449 g/mol. The van der Waals surface area contributed by atoms with Gasteiger partial charge in [-0.05, 0) is 118 Å². The van der Waals surface area contributed by atoms with Crippen LogP contribution in [0.2, 0.25) is 0 Å². The van der Waals surface area contributed by atoms with E-state index in [9.17, 15) is 15.0 Å². The van der Waals surface area contributed by atoms with Crippen molar-refractivity contribution in [2.45, 2.75) is 111 Å². The first kappa shape index (κ1) is 24.3. The Morgan fingerprint density at radius 2 is 1.69 bits per heavy atom. The molecule has 0 saturated heterocycles. The van der Waals surface area contributed by atoms with E-state index in [2.05, 4.69) is 26.1 Å². The molecule has 0 aromatic rings. The van der Waals surface area contributed by atoms with Gasteiger partial charge in [-0.1, -0.05) is 20.8 Å². The molecular formula is C27H47NO4. The lowest BCUT2D eigenvalue weighted by molar-refractivity contribution is -0.174. The highest BCUT2D eigenvalue weighted by molar-refractivity contribution is 5.67. The predicted octanol–water partition coefficient (Wildman–Crippen LogP) is 5.14. The average Bonchev–Trinajstić information content (AvgIpc) is 3.06. The molecule has 4 rings (SSSR count). The van der Waals surface area contributed by atoms with Crippen molar-refractivity contribution >= 4 is 6.09 Å². The molecule has 0 aliphatic heterocycles. The Bertz CT molecular complexity index is 683. The number of hydrogen-bond acceptors (Lipinski definition) is 4. The van der Waals surface area contributed by atoms with Crippen LogP contribution in [0.1, 0.15) is 92.4 Å². The molecule has 0 aromatic carbocycles. The van der Waals surface area contributed by atoms with Crippen LogP contribution in [0.4, 0.5) is 4.79 Å². The molecule has 5 nitrogen and oxygen atoms in total. The number of amides is 1. The molecule has 0 unspecified atom stereocenters. The van der Waals surface area contributed by atoms with Gasteiger partial charge in [0.25, 0.3) is 0 Å². The molecule has 3 N–H and O–H groups in total. The predicted molar refractivity (Wildman–Crippen MR) is 126 cm³/mol. The fraction of sp³-hybridized carbons (Fsp3) is 0.963. The van der Waals surface area contributed by atoms with E-state index < -0.39 is 0 Å². The molecule has 0 heterocycles. The highest BCUT2D eigenvalue weighted by Crippen LogP contribution is 2.68. The second-order valence-electron chi connectivity index (χ2n) is 12.6. The normalized spacial score (nSPS) is 46.7. The number of alkyl carbamates (subject to hydrolysis) is 1. The minimum Gasteiger partial charge on any atom is -0.447 e. The Balaban J connectivity index is 1.42. The number of carbonyl (C=O) groups is 1. The van der Waals surface area contributed by atoms with E-state index in [-0.39, 0.29) is 35.2 Å².